The van der Waals surface area contributed by atoms with Gasteiger partial charge in [0.25, 0.3) is 0 Å². The molecule has 2 heterocycles. The minimum Gasteiger partial charge on any atom is -0.491 e. The van der Waals surface area contributed by atoms with E-state index in [0.717, 1.165) is 17.7 Å². The maximum Gasteiger partial charge on any atom is 0.161 e. The van der Waals surface area contributed by atoms with Crippen LogP contribution in [-0.2, 0) is 13.0 Å². The van der Waals surface area contributed by atoms with Crippen LogP contribution in [0.2, 0.25) is 5.02 Å². The van der Waals surface area contributed by atoms with Crippen LogP contribution in [0.4, 0.5) is 0 Å². The van der Waals surface area contributed by atoms with Gasteiger partial charge in [-0.1, -0.05) is 48.9 Å². The molecule has 1 saturated carbocycles. The molecule has 0 bridgehead atoms. The summed E-state index contributed by atoms with van der Waals surface area (Å²) in [5.41, 5.74) is 4.42. The van der Waals surface area contributed by atoms with Crippen molar-refractivity contribution < 1.29 is 19.5 Å². The van der Waals surface area contributed by atoms with E-state index in [1.807, 2.05) is 13.8 Å². The normalized spacial score (nSPS) is 15.3. The SMILES string of the molecule is CNCC(O)COc1ccc(Cl)c(-c2nc(CC3CCCCC3)c(C)c(-c3c(CO)noc3C)n2)c1. The number of ether oxygens (including phenoxy) is 1. The molecular formula is C27H35ClN4O4. The molecule has 1 aliphatic carbocycles. The van der Waals surface area contributed by atoms with Crippen molar-refractivity contribution in [3.8, 4) is 28.4 Å². The van der Waals surface area contributed by atoms with Gasteiger partial charge in [-0.25, -0.2) is 9.97 Å². The molecule has 3 N–H and O–H groups in total. The summed E-state index contributed by atoms with van der Waals surface area (Å²) in [6, 6.07) is 5.33. The van der Waals surface area contributed by atoms with Crippen LogP contribution >= 0.6 is 11.6 Å². The summed E-state index contributed by atoms with van der Waals surface area (Å²) in [6.45, 7) is 4.17. The first kappa shape index (κ1) is 26.5. The second kappa shape index (κ2) is 12.1. The van der Waals surface area contributed by atoms with Crippen LogP contribution in [0.3, 0.4) is 0 Å². The molecule has 194 valence electrons. The predicted molar refractivity (Wildman–Crippen MR) is 139 cm³/mol. The van der Waals surface area contributed by atoms with E-state index >= 15 is 0 Å². The number of halogens is 1. The third-order valence-electron chi connectivity index (χ3n) is 6.83. The van der Waals surface area contributed by atoms with Gasteiger partial charge in [-0.05, 0) is 57.0 Å². The van der Waals surface area contributed by atoms with Crippen molar-refractivity contribution >= 4 is 11.6 Å². The average molecular weight is 515 g/mol. The number of nitrogens with zero attached hydrogens (tertiary/aromatic N) is 3. The minimum atomic E-state index is -0.632. The standard InChI is InChI=1S/C27H35ClN4O4/c1-16-23(11-18-7-5-4-6-8-18)30-27(31-26(16)25-17(2)36-32-24(25)14-33)21-12-20(9-10-22(21)28)35-15-19(34)13-29-3/h9-10,12,18-19,29,33-34H,4-8,11,13-15H2,1-3H3. The number of hydrogen-bond donors (Lipinski definition) is 3. The first-order valence-electron chi connectivity index (χ1n) is 12.6. The Morgan fingerprint density at radius 3 is 2.67 bits per heavy atom. The maximum atomic E-state index is 10.0. The zero-order valence-corrected chi connectivity index (χ0v) is 21.9. The Labute approximate surface area is 217 Å². The number of likely N-dealkylation sites (N-methyl/N-ethyl adjacent to an activating group) is 1. The zero-order valence-electron chi connectivity index (χ0n) is 21.2. The number of benzene rings is 1. The fourth-order valence-corrected chi connectivity index (χ4v) is 5.07. The Kier molecular flexibility index (Phi) is 8.95. The molecule has 1 unspecified atom stereocenters. The summed E-state index contributed by atoms with van der Waals surface area (Å²) in [5.74, 6) is 2.23. The average Bonchev–Trinajstić information content (AvgIpc) is 3.26. The highest BCUT2D eigenvalue weighted by atomic mass is 35.5. The van der Waals surface area contributed by atoms with Crippen molar-refractivity contribution in [3.05, 3.63) is 45.9 Å². The topological polar surface area (TPSA) is 114 Å². The summed E-state index contributed by atoms with van der Waals surface area (Å²) in [5, 5.41) is 27.4. The van der Waals surface area contributed by atoms with Crippen molar-refractivity contribution in [2.24, 2.45) is 5.92 Å². The number of hydrogen-bond acceptors (Lipinski definition) is 8. The quantitative estimate of drug-likeness (QED) is 0.358. The smallest absolute Gasteiger partial charge is 0.161 e. The summed E-state index contributed by atoms with van der Waals surface area (Å²) >= 11 is 6.63. The zero-order chi connectivity index (χ0) is 25.7. The monoisotopic (exact) mass is 514 g/mol. The third kappa shape index (κ3) is 6.06. The van der Waals surface area contributed by atoms with Gasteiger partial charge in [0, 0.05) is 17.8 Å². The number of rotatable bonds is 10. The van der Waals surface area contributed by atoms with Gasteiger partial charge in [0.15, 0.2) is 5.82 Å². The lowest BCUT2D eigenvalue weighted by atomic mass is 9.85. The molecule has 0 spiro atoms. The molecule has 1 fully saturated rings. The Balaban J connectivity index is 1.77. The number of aliphatic hydroxyl groups is 2. The highest BCUT2D eigenvalue weighted by molar-refractivity contribution is 6.33. The van der Waals surface area contributed by atoms with E-state index in [-0.39, 0.29) is 13.2 Å². The Morgan fingerprint density at radius 1 is 1.17 bits per heavy atom. The van der Waals surface area contributed by atoms with E-state index in [1.165, 1.54) is 32.1 Å². The highest BCUT2D eigenvalue weighted by Crippen LogP contribution is 2.36. The molecule has 0 aliphatic heterocycles. The van der Waals surface area contributed by atoms with E-state index < -0.39 is 6.10 Å². The number of aliphatic hydroxyl groups excluding tert-OH is 2. The van der Waals surface area contributed by atoms with Crippen LogP contribution in [0, 0.1) is 19.8 Å². The second-order valence-corrected chi connectivity index (χ2v) is 9.97. The predicted octanol–water partition coefficient (Wildman–Crippen LogP) is 4.64. The Bertz CT molecular complexity index is 1180. The molecule has 8 nitrogen and oxygen atoms in total. The van der Waals surface area contributed by atoms with E-state index in [4.69, 9.17) is 30.8 Å². The molecule has 0 amide bonds. The van der Waals surface area contributed by atoms with Crippen LogP contribution in [0.25, 0.3) is 22.6 Å². The van der Waals surface area contributed by atoms with Gasteiger partial charge in [0.05, 0.1) is 22.9 Å². The lowest BCUT2D eigenvalue weighted by molar-refractivity contribution is 0.108. The van der Waals surface area contributed by atoms with Crippen molar-refractivity contribution in [2.45, 2.75) is 65.1 Å². The molecule has 1 atom stereocenters. The fraction of sp³-hybridized carbons (Fsp3) is 0.519. The minimum absolute atomic E-state index is 0.147. The van der Waals surface area contributed by atoms with Gasteiger partial charge in [-0.15, -0.1) is 0 Å². The van der Waals surface area contributed by atoms with Crippen molar-refractivity contribution in [1.29, 1.82) is 0 Å². The second-order valence-electron chi connectivity index (χ2n) is 9.56. The van der Waals surface area contributed by atoms with Crippen molar-refractivity contribution in [1.82, 2.24) is 20.4 Å². The molecule has 4 rings (SSSR count). The molecule has 3 aromatic rings. The number of aryl methyl sites for hydroxylation is 1. The molecule has 1 aromatic carbocycles. The van der Waals surface area contributed by atoms with E-state index in [1.54, 1.807) is 25.2 Å². The van der Waals surface area contributed by atoms with Gasteiger partial charge in [-0.3, -0.25) is 0 Å². The van der Waals surface area contributed by atoms with Crippen molar-refractivity contribution in [3.63, 3.8) is 0 Å². The first-order valence-corrected chi connectivity index (χ1v) is 13.0. The highest BCUT2D eigenvalue weighted by Gasteiger charge is 2.24. The van der Waals surface area contributed by atoms with E-state index in [2.05, 4.69) is 10.5 Å². The number of aromatic nitrogens is 3. The first-order chi connectivity index (χ1) is 17.4. The summed E-state index contributed by atoms with van der Waals surface area (Å²) in [6.07, 6.45) is 6.41. The van der Waals surface area contributed by atoms with E-state index in [9.17, 15) is 10.2 Å². The Morgan fingerprint density at radius 2 is 1.94 bits per heavy atom. The fourth-order valence-electron chi connectivity index (χ4n) is 4.87. The molecule has 0 radical (unpaired) electrons. The molecular weight excluding hydrogens is 480 g/mol. The lowest BCUT2D eigenvalue weighted by Gasteiger charge is -2.23. The van der Waals surface area contributed by atoms with Crippen LogP contribution in [0.1, 0.15) is 54.8 Å². The molecule has 9 heteroatoms. The van der Waals surface area contributed by atoms with Crippen LogP contribution in [0.15, 0.2) is 22.7 Å². The lowest BCUT2D eigenvalue weighted by Crippen LogP contribution is -2.29. The molecule has 1 aliphatic rings. The summed E-state index contributed by atoms with van der Waals surface area (Å²) < 4.78 is 11.2. The van der Waals surface area contributed by atoms with Crippen LogP contribution in [-0.4, -0.2) is 51.6 Å². The third-order valence-corrected chi connectivity index (χ3v) is 7.16. The van der Waals surface area contributed by atoms with Crippen molar-refractivity contribution in [2.75, 3.05) is 20.2 Å². The maximum absolute atomic E-state index is 10.0. The van der Waals surface area contributed by atoms with Gasteiger partial charge in [0.1, 0.15) is 29.9 Å². The number of nitrogens with one attached hydrogen (secondary N) is 1. The summed E-state index contributed by atoms with van der Waals surface area (Å²) in [7, 11) is 1.78. The molecule has 0 saturated heterocycles. The largest absolute Gasteiger partial charge is 0.491 e. The van der Waals surface area contributed by atoms with Crippen LogP contribution in [0.5, 0.6) is 5.75 Å². The Hall–Kier alpha value is -2.52. The molecule has 36 heavy (non-hydrogen) atoms. The van der Waals surface area contributed by atoms with Gasteiger partial charge in [-0.2, -0.15) is 0 Å². The van der Waals surface area contributed by atoms with Gasteiger partial charge in [0.2, 0.25) is 0 Å². The van der Waals surface area contributed by atoms with Crippen LogP contribution < -0.4 is 10.1 Å². The van der Waals surface area contributed by atoms with Gasteiger partial charge < -0.3 is 24.8 Å². The molecule has 2 aromatic heterocycles. The van der Waals surface area contributed by atoms with E-state index in [0.29, 0.717) is 57.3 Å². The van der Waals surface area contributed by atoms with Gasteiger partial charge >= 0.3 is 0 Å². The summed E-state index contributed by atoms with van der Waals surface area (Å²) in [4.78, 5) is 9.91.